The number of aryl methyl sites for hydroxylation is 1. The molecule has 27 heavy (non-hydrogen) atoms. The molecule has 0 bridgehead atoms. The molecule has 3 aromatic rings. The van der Waals surface area contributed by atoms with E-state index in [4.69, 9.17) is 0 Å². The summed E-state index contributed by atoms with van der Waals surface area (Å²) in [5.74, 6) is -0.115. The predicted molar refractivity (Wildman–Crippen MR) is 110 cm³/mol. The Kier molecular flexibility index (Phi) is 5.64. The van der Waals surface area contributed by atoms with Crippen molar-refractivity contribution in [2.45, 2.75) is 13.8 Å². The Balaban J connectivity index is 1.74. The normalized spacial score (nSPS) is 10.9. The molecule has 1 heterocycles. The largest absolute Gasteiger partial charge is 0.360 e. The van der Waals surface area contributed by atoms with E-state index in [1.807, 2.05) is 48.7 Å². The van der Waals surface area contributed by atoms with Gasteiger partial charge in [-0.15, -0.1) is 11.3 Å². The smallest absolute Gasteiger partial charge is 0.221 e. The quantitative estimate of drug-likeness (QED) is 0.612. The van der Waals surface area contributed by atoms with Crippen LogP contribution in [0.1, 0.15) is 17.5 Å². The first-order valence-electron chi connectivity index (χ1n) is 8.32. The van der Waals surface area contributed by atoms with Crippen molar-refractivity contribution in [2.24, 2.45) is 0 Å². The molecule has 5 nitrogen and oxygen atoms in total. The van der Waals surface area contributed by atoms with Crippen molar-refractivity contribution in [3.63, 3.8) is 0 Å². The Labute approximate surface area is 162 Å². The highest BCUT2D eigenvalue weighted by atomic mass is 32.1. The number of hydrogen-bond acceptors (Lipinski definition) is 5. The maximum Gasteiger partial charge on any atom is 0.221 e. The molecular weight excluding hydrogens is 356 g/mol. The molecular formula is C21H18N4OS. The second-order valence-corrected chi connectivity index (χ2v) is 6.83. The van der Waals surface area contributed by atoms with E-state index in [1.54, 1.807) is 18.3 Å². The van der Waals surface area contributed by atoms with Crippen molar-refractivity contribution in [2.75, 3.05) is 10.6 Å². The number of nitrogens with one attached hydrogen (secondary N) is 2. The number of allylic oxidation sites excluding steroid dienone is 1. The lowest BCUT2D eigenvalue weighted by molar-refractivity contribution is -0.114. The first-order valence-corrected chi connectivity index (χ1v) is 9.20. The molecule has 0 aliphatic heterocycles. The van der Waals surface area contributed by atoms with Crippen LogP contribution >= 0.6 is 11.3 Å². The lowest BCUT2D eigenvalue weighted by atomic mass is 10.1. The minimum Gasteiger partial charge on any atom is -0.360 e. The number of anilines is 2. The number of benzene rings is 2. The Hall–Kier alpha value is -3.43. The Morgan fingerprint density at radius 2 is 1.78 bits per heavy atom. The number of nitrogens with zero attached hydrogens (tertiary/aromatic N) is 2. The van der Waals surface area contributed by atoms with Crippen LogP contribution in [0.5, 0.6) is 0 Å². The predicted octanol–water partition coefficient (Wildman–Crippen LogP) is 5.05. The fourth-order valence-corrected chi connectivity index (χ4v) is 3.20. The standard InChI is InChI=1S/C21H18N4OS/c1-14-3-5-16(6-4-14)20-13-27-21(25-20)17(11-22)12-23-18-7-9-19(10-8-18)24-15(2)26/h3-10,12-13,23H,1-2H3,(H,24,26)/b17-12+. The highest BCUT2D eigenvalue weighted by Gasteiger charge is 2.09. The fraction of sp³-hybridized carbons (Fsp3) is 0.0952. The highest BCUT2D eigenvalue weighted by Crippen LogP contribution is 2.26. The van der Waals surface area contributed by atoms with Gasteiger partial charge in [-0.25, -0.2) is 4.98 Å². The van der Waals surface area contributed by atoms with Gasteiger partial charge < -0.3 is 10.6 Å². The summed E-state index contributed by atoms with van der Waals surface area (Å²) in [6.07, 6.45) is 1.64. The van der Waals surface area contributed by atoms with Crippen LogP contribution in [0.3, 0.4) is 0 Å². The van der Waals surface area contributed by atoms with Crippen molar-refractivity contribution >= 4 is 34.2 Å². The SMILES string of the molecule is CC(=O)Nc1ccc(N/C=C(\C#N)c2nc(-c3ccc(C)cc3)cs2)cc1. The van der Waals surface area contributed by atoms with Crippen LogP contribution in [0.15, 0.2) is 60.1 Å². The van der Waals surface area contributed by atoms with Gasteiger partial charge >= 0.3 is 0 Å². The van der Waals surface area contributed by atoms with E-state index in [9.17, 15) is 10.1 Å². The maximum atomic E-state index is 11.1. The molecule has 2 aromatic carbocycles. The number of aromatic nitrogens is 1. The summed E-state index contributed by atoms with van der Waals surface area (Å²) < 4.78 is 0. The molecule has 0 unspecified atom stereocenters. The molecule has 1 aromatic heterocycles. The van der Waals surface area contributed by atoms with Crippen LogP contribution < -0.4 is 10.6 Å². The van der Waals surface area contributed by atoms with Crippen molar-refractivity contribution in [1.82, 2.24) is 4.98 Å². The van der Waals surface area contributed by atoms with Gasteiger partial charge in [0, 0.05) is 35.4 Å². The molecule has 0 saturated carbocycles. The van der Waals surface area contributed by atoms with Gasteiger partial charge in [0.25, 0.3) is 0 Å². The van der Waals surface area contributed by atoms with Gasteiger partial charge in [0.15, 0.2) is 0 Å². The molecule has 3 rings (SSSR count). The van der Waals surface area contributed by atoms with Gasteiger partial charge in [0.2, 0.25) is 5.91 Å². The summed E-state index contributed by atoms with van der Waals surface area (Å²) in [6.45, 7) is 3.51. The van der Waals surface area contributed by atoms with E-state index in [2.05, 4.69) is 21.7 Å². The van der Waals surface area contributed by atoms with Crippen molar-refractivity contribution < 1.29 is 4.79 Å². The maximum absolute atomic E-state index is 11.1. The lowest BCUT2D eigenvalue weighted by Crippen LogP contribution is -2.05. The monoisotopic (exact) mass is 374 g/mol. The topological polar surface area (TPSA) is 77.8 Å². The van der Waals surface area contributed by atoms with E-state index >= 15 is 0 Å². The number of rotatable bonds is 5. The molecule has 0 fully saturated rings. The second kappa shape index (κ2) is 8.30. The van der Waals surface area contributed by atoms with Gasteiger partial charge in [-0.3, -0.25) is 4.79 Å². The molecule has 0 radical (unpaired) electrons. The molecule has 134 valence electrons. The summed E-state index contributed by atoms with van der Waals surface area (Å²) in [5.41, 5.74) is 5.08. The summed E-state index contributed by atoms with van der Waals surface area (Å²) in [7, 11) is 0. The average molecular weight is 374 g/mol. The molecule has 0 atom stereocenters. The van der Waals surface area contributed by atoms with Crippen LogP contribution in [0.25, 0.3) is 16.8 Å². The van der Waals surface area contributed by atoms with Crippen LogP contribution in [0.2, 0.25) is 0 Å². The third kappa shape index (κ3) is 4.81. The number of thiazole rings is 1. The van der Waals surface area contributed by atoms with Crippen LogP contribution in [0.4, 0.5) is 11.4 Å². The van der Waals surface area contributed by atoms with E-state index in [1.165, 1.54) is 23.8 Å². The van der Waals surface area contributed by atoms with Gasteiger partial charge in [-0.05, 0) is 31.2 Å². The summed E-state index contributed by atoms with van der Waals surface area (Å²) >= 11 is 1.44. The number of nitriles is 1. The average Bonchev–Trinajstić information content (AvgIpc) is 3.14. The highest BCUT2D eigenvalue weighted by molar-refractivity contribution is 7.11. The van der Waals surface area contributed by atoms with Gasteiger partial charge in [0.1, 0.15) is 16.6 Å². The van der Waals surface area contributed by atoms with E-state index < -0.39 is 0 Å². The zero-order chi connectivity index (χ0) is 19.2. The third-order valence-electron chi connectivity index (χ3n) is 3.79. The Bertz CT molecular complexity index is 1010. The van der Waals surface area contributed by atoms with E-state index in [0.717, 1.165) is 22.6 Å². The summed E-state index contributed by atoms with van der Waals surface area (Å²) in [5, 5.41) is 17.9. The zero-order valence-corrected chi connectivity index (χ0v) is 15.8. The number of carbonyl (C=O) groups is 1. The lowest BCUT2D eigenvalue weighted by Gasteiger charge is -2.04. The minimum atomic E-state index is -0.115. The molecule has 0 aliphatic carbocycles. The van der Waals surface area contributed by atoms with Crippen LogP contribution in [0, 0.1) is 18.3 Å². The Morgan fingerprint density at radius 3 is 2.41 bits per heavy atom. The van der Waals surface area contributed by atoms with E-state index in [-0.39, 0.29) is 5.91 Å². The van der Waals surface area contributed by atoms with Gasteiger partial charge in [0.05, 0.1) is 5.69 Å². The molecule has 0 spiro atoms. The third-order valence-corrected chi connectivity index (χ3v) is 4.67. The van der Waals surface area contributed by atoms with Crippen molar-refractivity contribution in [3.05, 3.63) is 70.7 Å². The first kappa shape index (κ1) is 18.4. The second-order valence-electron chi connectivity index (χ2n) is 5.98. The summed E-state index contributed by atoms with van der Waals surface area (Å²) in [4.78, 5) is 15.6. The molecule has 6 heteroatoms. The number of carbonyl (C=O) groups excluding carboxylic acids is 1. The summed E-state index contributed by atoms with van der Waals surface area (Å²) in [6, 6.07) is 17.6. The first-order chi connectivity index (χ1) is 13.0. The van der Waals surface area contributed by atoms with Crippen LogP contribution in [-0.4, -0.2) is 10.9 Å². The van der Waals surface area contributed by atoms with Crippen molar-refractivity contribution in [3.8, 4) is 17.3 Å². The number of amides is 1. The van der Waals surface area contributed by atoms with Crippen molar-refractivity contribution in [1.29, 1.82) is 5.26 Å². The van der Waals surface area contributed by atoms with Gasteiger partial charge in [-0.1, -0.05) is 29.8 Å². The van der Waals surface area contributed by atoms with E-state index in [0.29, 0.717) is 10.6 Å². The van der Waals surface area contributed by atoms with Gasteiger partial charge in [-0.2, -0.15) is 5.26 Å². The fourth-order valence-electron chi connectivity index (χ4n) is 2.40. The molecule has 0 saturated heterocycles. The Morgan fingerprint density at radius 1 is 1.11 bits per heavy atom. The minimum absolute atomic E-state index is 0.115. The number of hydrogen-bond donors (Lipinski definition) is 2. The molecule has 0 aliphatic rings. The molecule has 2 N–H and O–H groups in total. The zero-order valence-electron chi connectivity index (χ0n) is 15.0. The molecule has 1 amide bonds. The van der Waals surface area contributed by atoms with Crippen LogP contribution in [-0.2, 0) is 4.79 Å².